The lowest BCUT2D eigenvalue weighted by Gasteiger charge is -2.31. The predicted octanol–water partition coefficient (Wildman–Crippen LogP) is 2.89. The van der Waals surface area contributed by atoms with Gasteiger partial charge in [-0.05, 0) is 70.2 Å². The first kappa shape index (κ1) is 19.8. The van der Waals surface area contributed by atoms with Crippen molar-refractivity contribution in [1.29, 1.82) is 0 Å². The van der Waals surface area contributed by atoms with Crippen LogP contribution in [0.5, 0.6) is 0 Å². The molecule has 1 amide bonds. The van der Waals surface area contributed by atoms with Crippen molar-refractivity contribution >= 4 is 18.3 Å². The third-order valence-corrected chi connectivity index (χ3v) is 5.56. The number of carbonyl (C=O) groups excluding carboxylic acids is 1. The summed E-state index contributed by atoms with van der Waals surface area (Å²) in [6.07, 6.45) is 9.16. The fourth-order valence-corrected chi connectivity index (χ4v) is 4.14. The van der Waals surface area contributed by atoms with E-state index >= 15 is 0 Å². The molecule has 1 atom stereocenters. The average Bonchev–Trinajstić information content (AvgIpc) is 2.93. The Morgan fingerprint density at radius 3 is 2.89 bits per heavy atom. The van der Waals surface area contributed by atoms with Crippen molar-refractivity contribution in [2.45, 2.75) is 57.5 Å². The molecule has 0 saturated carbocycles. The third kappa shape index (κ3) is 4.50. The molecule has 1 saturated heterocycles. The highest BCUT2D eigenvalue weighted by atomic mass is 35.5. The van der Waals surface area contributed by atoms with Crippen LogP contribution < -0.4 is 5.32 Å². The van der Waals surface area contributed by atoms with E-state index < -0.39 is 0 Å². The lowest BCUT2D eigenvalue weighted by molar-refractivity contribution is 0.0635. The van der Waals surface area contributed by atoms with E-state index in [1.807, 2.05) is 23.1 Å². The molecule has 0 aromatic carbocycles. The van der Waals surface area contributed by atoms with Crippen molar-refractivity contribution < 1.29 is 4.79 Å². The summed E-state index contributed by atoms with van der Waals surface area (Å²) in [5.41, 5.74) is 3.86. The van der Waals surface area contributed by atoms with Gasteiger partial charge in [0.05, 0.1) is 12.2 Å². The number of nitrogens with one attached hydrogen (secondary N) is 2. The molecule has 146 valence electrons. The van der Waals surface area contributed by atoms with Crippen LogP contribution >= 0.6 is 12.4 Å². The minimum atomic E-state index is 0. The van der Waals surface area contributed by atoms with E-state index in [4.69, 9.17) is 0 Å². The minimum Gasteiger partial charge on any atom is -0.328 e. The summed E-state index contributed by atoms with van der Waals surface area (Å²) in [7, 11) is 0. The van der Waals surface area contributed by atoms with Crippen LogP contribution in [0.25, 0.3) is 0 Å². The summed E-state index contributed by atoms with van der Waals surface area (Å²) in [6.45, 7) is 2.53. The molecule has 2 aromatic heterocycles. The molecule has 0 spiro atoms. The maximum absolute atomic E-state index is 13.5. The van der Waals surface area contributed by atoms with Crippen LogP contribution in [0.15, 0.2) is 24.4 Å². The topological polar surface area (TPSA) is 73.9 Å². The van der Waals surface area contributed by atoms with E-state index in [2.05, 4.69) is 20.5 Å². The first-order chi connectivity index (χ1) is 12.8. The van der Waals surface area contributed by atoms with Crippen LogP contribution in [-0.4, -0.2) is 45.1 Å². The van der Waals surface area contributed by atoms with Crippen LogP contribution in [0.4, 0.5) is 0 Å². The second-order valence-corrected chi connectivity index (χ2v) is 7.33. The molecule has 0 radical (unpaired) electrons. The number of H-pyrrole nitrogens is 1. The number of hydrogen-bond donors (Lipinski definition) is 2. The summed E-state index contributed by atoms with van der Waals surface area (Å²) in [6, 6.07) is 6.12. The molecule has 0 bridgehead atoms. The Bertz CT molecular complexity index is 740. The molecular formula is C20H28ClN5O. The Morgan fingerprint density at radius 1 is 1.15 bits per heavy atom. The van der Waals surface area contributed by atoms with Crippen molar-refractivity contribution in [3.05, 3.63) is 47.0 Å². The average molecular weight is 390 g/mol. The Hall–Kier alpha value is -1.92. The van der Waals surface area contributed by atoms with Gasteiger partial charge in [-0.25, -0.2) is 0 Å². The van der Waals surface area contributed by atoms with Gasteiger partial charge in [-0.2, -0.15) is 5.10 Å². The van der Waals surface area contributed by atoms with E-state index in [1.165, 1.54) is 6.42 Å². The third-order valence-electron chi connectivity index (χ3n) is 5.56. The molecule has 1 aliphatic heterocycles. The maximum atomic E-state index is 13.5. The molecule has 2 aromatic rings. The zero-order chi connectivity index (χ0) is 17.8. The SMILES string of the molecule is Cl.O=C(c1n[nH]c2c1CCCC2)N(Cc1ccccn1)C1CCCNCC1. The van der Waals surface area contributed by atoms with Gasteiger partial charge < -0.3 is 10.2 Å². The van der Waals surface area contributed by atoms with Gasteiger partial charge in [0.15, 0.2) is 5.69 Å². The molecule has 2 N–H and O–H groups in total. The standard InChI is InChI=1S/C20H27N5O.ClH/c26-20(19-17-8-1-2-9-18(17)23-24-19)25(14-15-6-3-4-12-22-15)16-7-5-11-21-13-10-16;/h3-4,6,12,16,21H,1-2,5,7-11,13-14H2,(H,23,24);1H. The molecule has 4 rings (SSSR count). The van der Waals surface area contributed by atoms with Crippen molar-refractivity contribution in [3.8, 4) is 0 Å². The number of aromatic amines is 1. The number of aromatic nitrogens is 3. The number of nitrogens with zero attached hydrogens (tertiary/aromatic N) is 3. The van der Waals surface area contributed by atoms with Gasteiger partial charge in [0.25, 0.3) is 5.91 Å². The van der Waals surface area contributed by atoms with Crippen LogP contribution in [0, 0.1) is 0 Å². The summed E-state index contributed by atoms with van der Waals surface area (Å²) >= 11 is 0. The molecule has 6 nitrogen and oxygen atoms in total. The fraction of sp³-hybridized carbons (Fsp3) is 0.550. The summed E-state index contributed by atoms with van der Waals surface area (Å²) in [5, 5.41) is 11.0. The van der Waals surface area contributed by atoms with Crippen molar-refractivity contribution in [1.82, 2.24) is 25.4 Å². The molecule has 1 aliphatic carbocycles. The lowest BCUT2D eigenvalue weighted by Crippen LogP contribution is -2.41. The molecule has 7 heteroatoms. The summed E-state index contributed by atoms with van der Waals surface area (Å²) < 4.78 is 0. The minimum absolute atomic E-state index is 0. The molecular weight excluding hydrogens is 362 g/mol. The van der Waals surface area contributed by atoms with Gasteiger partial charge in [0, 0.05) is 23.5 Å². The maximum Gasteiger partial charge on any atom is 0.275 e. The number of aryl methyl sites for hydroxylation is 1. The summed E-state index contributed by atoms with van der Waals surface area (Å²) in [4.78, 5) is 20.0. The van der Waals surface area contributed by atoms with Gasteiger partial charge in [-0.1, -0.05) is 6.07 Å². The molecule has 2 aliphatic rings. The normalized spacial score (nSPS) is 19.5. The van der Waals surface area contributed by atoms with E-state index in [0.29, 0.717) is 12.2 Å². The van der Waals surface area contributed by atoms with E-state index in [0.717, 1.165) is 68.6 Å². The van der Waals surface area contributed by atoms with Gasteiger partial charge in [0.2, 0.25) is 0 Å². The lowest BCUT2D eigenvalue weighted by atomic mass is 9.95. The van der Waals surface area contributed by atoms with Crippen LogP contribution in [0.3, 0.4) is 0 Å². The quantitative estimate of drug-likeness (QED) is 0.843. The Morgan fingerprint density at radius 2 is 2.04 bits per heavy atom. The van der Waals surface area contributed by atoms with Gasteiger partial charge >= 0.3 is 0 Å². The Kier molecular flexibility index (Phi) is 6.85. The van der Waals surface area contributed by atoms with Crippen molar-refractivity contribution in [2.75, 3.05) is 13.1 Å². The van der Waals surface area contributed by atoms with Crippen LogP contribution in [0.2, 0.25) is 0 Å². The van der Waals surface area contributed by atoms with E-state index in [9.17, 15) is 4.79 Å². The largest absolute Gasteiger partial charge is 0.328 e. The number of pyridine rings is 1. The highest BCUT2D eigenvalue weighted by Gasteiger charge is 2.30. The Balaban J connectivity index is 0.00000210. The molecule has 27 heavy (non-hydrogen) atoms. The summed E-state index contributed by atoms with van der Waals surface area (Å²) in [5.74, 6) is 0.0574. The Labute approximate surface area is 166 Å². The van der Waals surface area contributed by atoms with Crippen LogP contribution in [-0.2, 0) is 19.4 Å². The zero-order valence-electron chi connectivity index (χ0n) is 15.6. The zero-order valence-corrected chi connectivity index (χ0v) is 16.4. The molecule has 1 unspecified atom stereocenters. The van der Waals surface area contributed by atoms with Crippen molar-refractivity contribution in [3.63, 3.8) is 0 Å². The second kappa shape index (κ2) is 9.33. The van der Waals surface area contributed by atoms with Crippen LogP contribution in [0.1, 0.15) is 59.5 Å². The van der Waals surface area contributed by atoms with Gasteiger partial charge in [0.1, 0.15) is 0 Å². The highest BCUT2D eigenvalue weighted by Crippen LogP contribution is 2.25. The number of fused-ring (bicyclic) bond motifs is 1. The predicted molar refractivity (Wildman–Crippen MR) is 107 cm³/mol. The number of amides is 1. The van der Waals surface area contributed by atoms with Gasteiger partial charge in [-0.15, -0.1) is 12.4 Å². The molecule has 3 heterocycles. The van der Waals surface area contributed by atoms with Crippen molar-refractivity contribution in [2.24, 2.45) is 0 Å². The van der Waals surface area contributed by atoms with E-state index in [-0.39, 0.29) is 24.4 Å². The second-order valence-electron chi connectivity index (χ2n) is 7.33. The van der Waals surface area contributed by atoms with E-state index in [1.54, 1.807) is 6.20 Å². The highest BCUT2D eigenvalue weighted by molar-refractivity contribution is 5.94. The molecule has 1 fully saturated rings. The smallest absolute Gasteiger partial charge is 0.275 e. The first-order valence-corrected chi connectivity index (χ1v) is 9.80. The fourth-order valence-electron chi connectivity index (χ4n) is 4.14. The number of hydrogen-bond acceptors (Lipinski definition) is 4. The first-order valence-electron chi connectivity index (χ1n) is 9.80. The number of halogens is 1. The van der Waals surface area contributed by atoms with Gasteiger partial charge in [-0.3, -0.25) is 14.9 Å². The monoisotopic (exact) mass is 389 g/mol. The number of carbonyl (C=O) groups is 1. The number of rotatable bonds is 4.